The van der Waals surface area contributed by atoms with E-state index in [1.54, 1.807) is 0 Å². The van der Waals surface area contributed by atoms with E-state index in [0.717, 1.165) is 17.4 Å². The Hall–Kier alpha value is -0.620. The lowest BCUT2D eigenvalue weighted by atomic mass is 10.0. The summed E-state index contributed by atoms with van der Waals surface area (Å²) < 4.78 is 5.69. The topological polar surface area (TPSA) is 30.2 Å². The third-order valence-corrected chi connectivity index (χ3v) is 11.7. The van der Waals surface area contributed by atoms with E-state index in [0.29, 0.717) is 11.1 Å². The van der Waals surface area contributed by atoms with Gasteiger partial charge in [-0.1, -0.05) is 48.1 Å². The second-order valence-electron chi connectivity index (χ2n) is 5.93. The minimum absolute atomic E-state index is 0.0837. The number of benzene rings is 2. The normalized spacial score (nSPS) is 13.8. The maximum atomic E-state index is 12.6. The quantitative estimate of drug-likeness (QED) is 0.373. The Morgan fingerprint density at radius 2 is 1.81 bits per heavy atom. The van der Waals surface area contributed by atoms with E-state index in [1.165, 1.54) is 22.4 Å². The Morgan fingerprint density at radius 3 is 2.38 bits per heavy atom. The van der Waals surface area contributed by atoms with Gasteiger partial charge >= 0.3 is 5.63 Å². The minimum Gasteiger partial charge on any atom is -0.422 e. The van der Waals surface area contributed by atoms with Gasteiger partial charge in [0.15, 0.2) is 0 Å². The molecule has 26 heavy (non-hydrogen) atoms. The summed E-state index contributed by atoms with van der Waals surface area (Å²) >= 11 is 0. The first kappa shape index (κ1) is 20.1. The zero-order chi connectivity index (χ0) is 18.8. The fourth-order valence-corrected chi connectivity index (χ4v) is 7.66. The van der Waals surface area contributed by atoms with E-state index < -0.39 is 0 Å². The summed E-state index contributed by atoms with van der Waals surface area (Å²) in [4.78, 5) is 15.1. The first-order valence-electron chi connectivity index (χ1n) is 8.10. The Bertz CT molecular complexity index is 1090. The highest BCUT2D eigenvalue weighted by Crippen LogP contribution is 2.31. The van der Waals surface area contributed by atoms with Crippen molar-refractivity contribution in [3.63, 3.8) is 0 Å². The molecule has 0 aliphatic rings. The summed E-state index contributed by atoms with van der Waals surface area (Å²) in [5.41, 5.74) is 3.14. The molecular formula is C19H21O2P3S2. The molecule has 2 nitrogen and oxygen atoms in total. The largest absolute Gasteiger partial charge is 0.422 e. The first-order chi connectivity index (χ1) is 12.4. The molecule has 1 aromatic heterocycles. The van der Waals surface area contributed by atoms with Crippen LogP contribution >= 0.6 is 24.0 Å². The van der Waals surface area contributed by atoms with E-state index in [-0.39, 0.29) is 25.8 Å². The molecule has 0 bridgehead atoms. The van der Waals surface area contributed by atoms with Crippen LogP contribution in [0.5, 0.6) is 0 Å². The van der Waals surface area contributed by atoms with Crippen LogP contribution in [0.2, 0.25) is 0 Å². The molecule has 3 atom stereocenters. The van der Waals surface area contributed by atoms with Crippen LogP contribution in [0.25, 0.3) is 22.1 Å². The smallest absolute Gasteiger partial charge is 0.344 e. The van der Waals surface area contributed by atoms with Gasteiger partial charge in [-0.2, -0.15) is 0 Å². The highest BCUT2D eigenvalue weighted by atomic mass is 32.6. The molecule has 0 fully saturated rings. The maximum Gasteiger partial charge on any atom is 0.344 e. The molecule has 2 aromatic carbocycles. The molecule has 0 spiro atoms. The zero-order valence-electron chi connectivity index (χ0n) is 14.9. The summed E-state index contributed by atoms with van der Waals surface area (Å²) in [6.07, 6.45) is 5.35. The van der Waals surface area contributed by atoms with Crippen molar-refractivity contribution in [1.29, 1.82) is 0 Å². The molecule has 1 heterocycles. The van der Waals surface area contributed by atoms with Crippen LogP contribution in [0.4, 0.5) is 0 Å². The van der Waals surface area contributed by atoms with Crippen molar-refractivity contribution in [2.45, 2.75) is 23.1 Å². The average molecular weight is 438 g/mol. The van der Waals surface area contributed by atoms with Gasteiger partial charge in [0.1, 0.15) is 5.58 Å². The number of hydrogen-bond donors (Lipinski definition) is 0. The number of fused-ring (bicyclic) bond motifs is 1. The van der Waals surface area contributed by atoms with Gasteiger partial charge in [0.2, 0.25) is 0 Å². The van der Waals surface area contributed by atoms with Crippen molar-refractivity contribution in [2.24, 2.45) is 0 Å². The van der Waals surface area contributed by atoms with Crippen molar-refractivity contribution in [3.05, 3.63) is 58.4 Å². The van der Waals surface area contributed by atoms with E-state index in [9.17, 15) is 4.79 Å². The summed E-state index contributed by atoms with van der Waals surface area (Å²) in [7, 11) is 7.84. The molecule has 0 saturated carbocycles. The third kappa shape index (κ3) is 4.11. The molecule has 0 amide bonds. The average Bonchev–Trinajstić information content (AvgIpc) is 2.65. The van der Waals surface area contributed by atoms with Gasteiger partial charge in [-0.05, 0) is 55.3 Å². The predicted octanol–water partition coefficient (Wildman–Crippen LogP) is 5.95. The fourth-order valence-electron chi connectivity index (χ4n) is 2.78. The van der Waals surface area contributed by atoms with E-state index in [2.05, 4.69) is 54.6 Å². The Morgan fingerprint density at radius 1 is 1.12 bits per heavy atom. The molecule has 3 rings (SSSR count). The SMILES string of the molecule is CCc1ccc(-c2cc3cc(/S(C)=P\P)c(S(C)=P)cc3oc2=O)cc1. The highest BCUT2D eigenvalue weighted by molar-refractivity contribution is 8.38. The van der Waals surface area contributed by atoms with Crippen LogP contribution < -0.4 is 5.63 Å². The summed E-state index contributed by atoms with van der Waals surface area (Å²) in [5.74, 6) is 0. The van der Waals surface area contributed by atoms with Crippen LogP contribution in [0, 0.1) is 0 Å². The lowest BCUT2D eigenvalue weighted by molar-refractivity contribution is 0.562. The van der Waals surface area contributed by atoms with Crippen molar-refractivity contribution >= 4 is 55.1 Å². The Kier molecular flexibility index (Phi) is 6.65. The molecule has 0 aliphatic carbocycles. The molecule has 136 valence electrons. The molecule has 0 N–H and O–H groups in total. The second-order valence-corrected chi connectivity index (χ2v) is 15.0. The second kappa shape index (κ2) is 8.59. The molecular weight excluding hydrogens is 417 g/mol. The van der Waals surface area contributed by atoms with E-state index >= 15 is 0 Å². The lowest BCUT2D eigenvalue weighted by Gasteiger charge is -2.12. The summed E-state index contributed by atoms with van der Waals surface area (Å²) in [6.45, 7) is 2.12. The van der Waals surface area contributed by atoms with Gasteiger partial charge in [-0.3, -0.25) is 0 Å². The van der Waals surface area contributed by atoms with Crippen LogP contribution in [0.1, 0.15) is 12.5 Å². The molecule has 3 aromatic rings. The van der Waals surface area contributed by atoms with Gasteiger partial charge in [0.25, 0.3) is 0 Å². The van der Waals surface area contributed by atoms with Crippen molar-refractivity contribution in [3.8, 4) is 11.1 Å². The van der Waals surface area contributed by atoms with Crippen molar-refractivity contribution in [1.82, 2.24) is 0 Å². The number of rotatable bonds is 4. The zero-order valence-corrected chi connectivity index (χ0v) is 19.6. The molecule has 0 saturated heterocycles. The Balaban J connectivity index is 2.25. The minimum atomic E-state index is -0.287. The first-order valence-corrected chi connectivity index (χ1v) is 15.7. The van der Waals surface area contributed by atoms with E-state index in [1.807, 2.05) is 24.3 Å². The predicted molar refractivity (Wildman–Crippen MR) is 125 cm³/mol. The van der Waals surface area contributed by atoms with Gasteiger partial charge in [0.05, 0.1) is 5.56 Å². The number of aryl methyl sites for hydroxylation is 1. The van der Waals surface area contributed by atoms with Gasteiger partial charge < -0.3 is 4.42 Å². The monoisotopic (exact) mass is 438 g/mol. The molecule has 7 heteroatoms. The lowest BCUT2D eigenvalue weighted by Crippen LogP contribution is -2.04. The Labute approximate surface area is 164 Å². The van der Waals surface area contributed by atoms with Crippen LogP contribution in [0.3, 0.4) is 0 Å². The van der Waals surface area contributed by atoms with Gasteiger partial charge in [-0.25, -0.2) is 4.79 Å². The maximum absolute atomic E-state index is 12.6. The fraction of sp³-hybridized carbons (Fsp3) is 0.211. The summed E-state index contributed by atoms with van der Waals surface area (Å²) in [5, 5.41) is 0.975. The van der Waals surface area contributed by atoms with Crippen LogP contribution in [0.15, 0.2) is 61.5 Å². The van der Waals surface area contributed by atoms with Crippen molar-refractivity contribution < 1.29 is 4.42 Å². The van der Waals surface area contributed by atoms with Crippen molar-refractivity contribution in [2.75, 3.05) is 12.5 Å². The number of hydrogen-bond acceptors (Lipinski definition) is 2. The standard InChI is InChI=1S/C19H21O2P3S2/c1-4-12-5-7-13(8-6-12)15-9-14-10-18(26(3)24-22)17(25(2)23)11-16(14)21-19(15)20/h5-11,23H,4,22H2,1-3H3. The van der Waals surface area contributed by atoms with Gasteiger partial charge in [-0.15, -0.1) is 20.1 Å². The van der Waals surface area contributed by atoms with Gasteiger partial charge in [0, 0.05) is 15.2 Å². The molecule has 3 unspecified atom stereocenters. The molecule has 0 aliphatic heterocycles. The van der Waals surface area contributed by atoms with Crippen LogP contribution in [-0.2, 0) is 26.6 Å². The molecule has 0 radical (unpaired) electrons. The third-order valence-electron chi connectivity index (χ3n) is 4.28. The summed E-state index contributed by atoms with van der Waals surface area (Å²) in [6, 6.07) is 14.3. The van der Waals surface area contributed by atoms with Crippen LogP contribution in [-0.4, -0.2) is 12.5 Å². The van der Waals surface area contributed by atoms with E-state index in [4.69, 9.17) is 4.42 Å². The highest BCUT2D eigenvalue weighted by Gasteiger charge is 2.12.